The lowest BCUT2D eigenvalue weighted by atomic mass is 10.1. The number of hydrogen-bond donors (Lipinski definition) is 1. The van der Waals surface area contributed by atoms with Crippen LogP contribution in [0.15, 0.2) is 82.4 Å². The number of carbonyl (C=O) groups is 1. The van der Waals surface area contributed by atoms with E-state index in [0.29, 0.717) is 11.6 Å². The maximum Gasteiger partial charge on any atom is 0.283 e. The van der Waals surface area contributed by atoms with Gasteiger partial charge in [-0.3, -0.25) is 10.2 Å². The van der Waals surface area contributed by atoms with Crippen molar-refractivity contribution >= 4 is 39.8 Å². The maximum atomic E-state index is 12.8. The van der Waals surface area contributed by atoms with Crippen molar-refractivity contribution in [3.05, 3.63) is 100 Å². The molecule has 0 saturated heterocycles. The molecular weight excluding hydrogens is 430 g/mol. The third-order valence-corrected chi connectivity index (χ3v) is 6.70. The number of nitrogens with one attached hydrogen (secondary N) is 1. The van der Waals surface area contributed by atoms with Gasteiger partial charge in [0.2, 0.25) is 5.17 Å². The summed E-state index contributed by atoms with van der Waals surface area (Å²) in [7, 11) is 0. The summed E-state index contributed by atoms with van der Waals surface area (Å²) >= 11 is 1.35. The monoisotopic (exact) mass is 453 g/mol. The second kappa shape index (κ2) is 8.67. The zero-order valence-corrected chi connectivity index (χ0v) is 19.3. The first kappa shape index (κ1) is 21.2. The fraction of sp³-hybridized carbons (Fsp3) is 0.154. The Hall–Kier alpha value is -3.71. The van der Waals surface area contributed by atoms with Crippen LogP contribution in [0.3, 0.4) is 0 Å². The van der Waals surface area contributed by atoms with Gasteiger partial charge in [-0.1, -0.05) is 60.7 Å². The molecule has 7 heteroatoms. The smallest absolute Gasteiger partial charge is 0.283 e. The normalized spacial score (nSPS) is 16.8. The van der Waals surface area contributed by atoms with Crippen LogP contribution in [0.4, 0.5) is 0 Å². The summed E-state index contributed by atoms with van der Waals surface area (Å²) in [6, 6.07) is 22.3. The number of aliphatic imine (C=N–C) groups is 1. The topological polar surface area (TPSA) is 73.8 Å². The molecule has 0 atom stereocenters. The number of thioether (sulfide) groups is 1. The van der Waals surface area contributed by atoms with Crippen LogP contribution in [-0.4, -0.2) is 31.5 Å². The lowest BCUT2D eigenvalue weighted by molar-refractivity contribution is -0.114. The van der Waals surface area contributed by atoms with Gasteiger partial charge in [0, 0.05) is 24.4 Å². The largest absolute Gasteiger partial charge is 0.344 e. The maximum absolute atomic E-state index is 12.8. The van der Waals surface area contributed by atoms with E-state index in [9.17, 15) is 4.79 Å². The van der Waals surface area contributed by atoms with Gasteiger partial charge in [-0.15, -0.1) is 0 Å². The fourth-order valence-corrected chi connectivity index (χ4v) is 4.93. The minimum Gasteiger partial charge on any atom is -0.344 e. The Bertz CT molecular complexity index is 1340. The summed E-state index contributed by atoms with van der Waals surface area (Å²) in [5, 5.41) is 16.0. The molecule has 0 aliphatic carbocycles. The number of nitrogens with zero attached hydrogens (tertiary/aromatic N) is 4. The predicted molar refractivity (Wildman–Crippen MR) is 135 cm³/mol. The van der Waals surface area contributed by atoms with Crippen molar-refractivity contribution in [3.63, 3.8) is 0 Å². The second-order valence-corrected chi connectivity index (χ2v) is 9.11. The number of aromatic nitrogens is 1. The molecule has 0 fully saturated rings. The molecule has 3 aromatic rings. The average molecular weight is 454 g/mol. The van der Waals surface area contributed by atoms with Gasteiger partial charge in [0.25, 0.3) is 5.91 Å². The van der Waals surface area contributed by atoms with Crippen LogP contribution < -0.4 is 0 Å². The van der Waals surface area contributed by atoms with Crippen LogP contribution in [0.1, 0.15) is 28.1 Å². The van der Waals surface area contributed by atoms with Gasteiger partial charge >= 0.3 is 0 Å². The van der Waals surface area contributed by atoms with Crippen LogP contribution in [-0.2, 0) is 17.8 Å². The van der Waals surface area contributed by atoms with E-state index < -0.39 is 5.91 Å². The molecule has 3 heterocycles. The Morgan fingerprint density at radius 3 is 2.36 bits per heavy atom. The Morgan fingerprint density at radius 1 is 1.00 bits per heavy atom. The molecule has 6 nitrogen and oxygen atoms in total. The van der Waals surface area contributed by atoms with Crippen LogP contribution >= 0.6 is 11.8 Å². The van der Waals surface area contributed by atoms with Crippen molar-refractivity contribution in [1.29, 1.82) is 5.41 Å². The number of amidine groups is 2. The van der Waals surface area contributed by atoms with Gasteiger partial charge < -0.3 is 4.57 Å². The number of amides is 1. The van der Waals surface area contributed by atoms with Crippen molar-refractivity contribution in [1.82, 2.24) is 9.58 Å². The number of aryl methyl sites for hydroxylation is 1. The van der Waals surface area contributed by atoms with E-state index in [1.54, 1.807) is 6.08 Å². The zero-order chi connectivity index (χ0) is 22.9. The molecule has 164 valence electrons. The Balaban J connectivity index is 1.42. The minimum absolute atomic E-state index is 0.0634. The van der Waals surface area contributed by atoms with Gasteiger partial charge in [0.15, 0.2) is 5.84 Å². The highest BCUT2D eigenvalue weighted by Crippen LogP contribution is 2.30. The van der Waals surface area contributed by atoms with Crippen LogP contribution in [0.25, 0.3) is 6.08 Å². The molecule has 0 radical (unpaired) electrons. The second-order valence-electron chi connectivity index (χ2n) is 8.07. The summed E-state index contributed by atoms with van der Waals surface area (Å²) < 4.78 is 2.22. The minimum atomic E-state index is -0.400. The number of benzene rings is 2. The molecule has 1 N–H and O–H groups in total. The number of fused-ring (bicyclic) bond motifs is 1. The van der Waals surface area contributed by atoms with Crippen molar-refractivity contribution in [3.8, 4) is 0 Å². The number of hydrogen-bond acceptors (Lipinski definition) is 4. The van der Waals surface area contributed by atoms with Crippen molar-refractivity contribution in [2.45, 2.75) is 26.8 Å². The third-order valence-electron chi connectivity index (χ3n) is 5.79. The summed E-state index contributed by atoms with van der Waals surface area (Å²) in [4.78, 5) is 17.0. The first-order valence-corrected chi connectivity index (χ1v) is 11.5. The molecular formula is C26H23N5OS. The van der Waals surface area contributed by atoms with E-state index in [4.69, 9.17) is 5.41 Å². The van der Waals surface area contributed by atoms with E-state index in [1.807, 2.05) is 61.5 Å². The predicted octanol–water partition coefficient (Wildman–Crippen LogP) is 5.02. The van der Waals surface area contributed by atoms with Gasteiger partial charge in [0.05, 0.1) is 5.57 Å². The molecule has 5 rings (SSSR count). The van der Waals surface area contributed by atoms with Gasteiger partial charge in [-0.2, -0.15) is 15.1 Å². The molecule has 0 bridgehead atoms. The lowest BCUT2D eigenvalue weighted by Crippen LogP contribution is -2.35. The van der Waals surface area contributed by atoms with Crippen LogP contribution in [0.2, 0.25) is 0 Å². The van der Waals surface area contributed by atoms with E-state index in [2.05, 4.69) is 33.7 Å². The van der Waals surface area contributed by atoms with E-state index in [1.165, 1.54) is 22.3 Å². The molecule has 2 aromatic carbocycles. The Labute approximate surface area is 196 Å². The molecule has 33 heavy (non-hydrogen) atoms. The first-order chi connectivity index (χ1) is 16.0. The molecule has 0 unspecified atom stereocenters. The van der Waals surface area contributed by atoms with Crippen molar-refractivity contribution in [2.24, 2.45) is 10.1 Å². The molecule has 1 amide bonds. The van der Waals surface area contributed by atoms with Crippen molar-refractivity contribution in [2.75, 3.05) is 0 Å². The molecule has 1 aromatic heterocycles. The van der Waals surface area contributed by atoms with Crippen molar-refractivity contribution < 1.29 is 4.79 Å². The van der Waals surface area contributed by atoms with Crippen LogP contribution in [0.5, 0.6) is 0 Å². The first-order valence-electron chi connectivity index (χ1n) is 10.7. The summed E-state index contributed by atoms with van der Waals surface area (Å²) in [6.07, 6.45) is 2.41. The van der Waals surface area contributed by atoms with E-state index >= 15 is 0 Å². The van der Waals surface area contributed by atoms with E-state index in [0.717, 1.165) is 34.1 Å². The summed E-state index contributed by atoms with van der Waals surface area (Å²) in [6.45, 7) is 4.85. The number of rotatable bonds is 5. The Morgan fingerprint density at radius 2 is 1.67 bits per heavy atom. The molecule has 0 saturated carbocycles. The molecule has 2 aliphatic rings. The lowest BCUT2D eigenvalue weighted by Gasteiger charge is -2.20. The number of carbonyl (C=O) groups excluding carboxylic acids is 1. The zero-order valence-electron chi connectivity index (χ0n) is 18.4. The molecule has 2 aliphatic heterocycles. The Kier molecular flexibility index (Phi) is 5.56. The summed E-state index contributed by atoms with van der Waals surface area (Å²) in [5.41, 5.74) is 5.65. The van der Waals surface area contributed by atoms with Gasteiger partial charge in [0.1, 0.15) is 5.04 Å². The quantitative estimate of drug-likeness (QED) is 0.552. The third kappa shape index (κ3) is 4.19. The fourth-order valence-electron chi connectivity index (χ4n) is 4.01. The summed E-state index contributed by atoms with van der Waals surface area (Å²) in [5.74, 6) is -0.337. The van der Waals surface area contributed by atoms with Gasteiger partial charge in [-0.25, -0.2) is 0 Å². The number of hydrazone groups is 1. The highest BCUT2D eigenvalue weighted by atomic mass is 32.2. The van der Waals surface area contributed by atoms with Crippen LogP contribution in [0, 0.1) is 19.3 Å². The van der Waals surface area contributed by atoms with Gasteiger partial charge in [-0.05, 0) is 54.4 Å². The average Bonchev–Trinajstić information content (AvgIpc) is 3.33. The molecule has 0 spiro atoms. The highest BCUT2D eigenvalue weighted by Gasteiger charge is 2.35. The SMILES string of the molecule is Cc1cc(/C=C2\C(=N)N3N=C(Cc4ccccc4)SC3=NC2=O)c(C)n1Cc1ccccc1. The standard InChI is InChI=1S/C26H23N5OS/c1-17-13-21(18(2)30(17)16-20-11-7-4-8-12-20)15-22-24(27)31-26(28-25(22)32)33-23(29-31)14-19-9-5-3-6-10-19/h3-13,15,27H,14,16H2,1-2H3/b22-15+,27-24?. The highest BCUT2D eigenvalue weighted by molar-refractivity contribution is 8.26. The van der Waals surface area contributed by atoms with E-state index in [-0.39, 0.29) is 11.4 Å².